The van der Waals surface area contributed by atoms with Crippen LogP contribution < -0.4 is 14.4 Å². The Bertz CT molecular complexity index is 1190. The van der Waals surface area contributed by atoms with E-state index in [1.165, 1.54) is 16.3 Å². The predicted octanol–water partition coefficient (Wildman–Crippen LogP) is 5.27. The molecule has 0 radical (unpaired) electrons. The van der Waals surface area contributed by atoms with Crippen molar-refractivity contribution in [2.75, 3.05) is 24.2 Å². The molecular weight excluding hydrogens is 549 g/mol. The summed E-state index contributed by atoms with van der Waals surface area (Å²) in [6.45, 7) is 7.57. The molecule has 1 N–H and O–H groups in total. The lowest BCUT2D eigenvalue weighted by atomic mass is 10.0. The first-order valence-electron chi connectivity index (χ1n) is 12.3. The van der Waals surface area contributed by atoms with Gasteiger partial charge in [-0.15, -0.1) is 0 Å². The Morgan fingerprint density at radius 2 is 1.63 bits per heavy atom. The van der Waals surface area contributed by atoms with Crippen LogP contribution in [0.4, 0.5) is 5.69 Å². The number of sulfonamides is 1. The van der Waals surface area contributed by atoms with E-state index in [1.807, 2.05) is 27.7 Å². The van der Waals surface area contributed by atoms with Crippen molar-refractivity contribution in [2.24, 2.45) is 0 Å². The van der Waals surface area contributed by atoms with Gasteiger partial charge in [-0.3, -0.25) is 13.9 Å². The van der Waals surface area contributed by atoms with E-state index in [4.69, 9.17) is 27.9 Å². The van der Waals surface area contributed by atoms with E-state index >= 15 is 0 Å². The number of carbonyl (C=O) groups excluding carboxylic acids is 2. The number of halogens is 2. The number of amides is 2. The van der Waals surface area contributed by atoms with Gasteiger partial charge in [0.1, 0.15) is 11.8 Å². The zero-order chi connectivity index (χ0) is 28.7. The third kappa shape index (κ3) is 9.06. The lowest BCUT2D eigenvalue weighted by Gasteiger charge is -2.33. The summed E-state index contributed by atoms with van der Waals surface area (Å²) in [6.07, 6.45) is 1.75. The van der Waals surface area contributed by atoms with Gasteiger partial charge in [-0.2, -0.15) is 0 Å². The highest BCUT2D eigenvalue weighted by Gasteiger charge is 2.31. The highest BCUT2D eigenvalue weighted by molar-refractivity contribution is 7.92. The third-order valence-corrected chi connectivity index (χ3v) is 7.69. The molecule has 0 aliphatic rings. The fourth-order valence-electron chi connectivity index (χ4n) is 3.98. The summed E-state index contributed by atoms with van der Waals surface area (Å²) < 4.78 is 31.4. The number of methoxy groups -OCH3 is 1. The highest BCUT2D eigenvalue weighted by atomic mass is 35.5. The molecule has 38 heavy (non-hydrogen) atoms. The van der Waals surface area contributed by atoms with E-state index in [0.29, 0.717) is 33.5 Å². The maximum Gasteiger partial charge on any atom is 0.243 e. The average molecular weight is 587 g/mol. The number of hydrogen-bond acceptors (Lipinski definition) is 5. The third-order valence-electron chi connectivity index (χ3n) is 5.79. The van der Waals surface area contributed by atoms with Crippen LogP contribution in [0.25, 0.3) is 0 Å². The number of ether oxygens (including phenoxy) is 1. The van der Waals surface area contributed by atoms with Crippen molar-refractivity contribution < 1.29 is 22.7 Å². The van der Waals surface area contributed by atoms with E-state index in [2.05, 4.69) is 5.32 Å². The summed E-state index contributed by atoms with van der Waals surface area (Å²) in [4.78, 5) is 28.2. The summed E-state index contributed by atoms with van der Waals surface area (Å²) in [7, 11) is -2.07. The minimum atomic E-state index is -3.60. The Balaban J connectivity index is 2.29. The van der Waals surface area contributed by atoms with Crippen LogP contribution in [0.15, 0.2) is 42.5 Å². The smallest absolute Gasteiger partial charge is 0.243 e. The van der Waals surface area contributed by atoms with Gasteiger partial charge >= 0.3 is 0 Å². The number of carbonyl (C=O) groups is 2. The fourth-order valence-corrected chi connectivity index (χ4v) is 5.46. The molecule has 0 heterocycles. The van der Waals surface area contributed by atoms with Crippen molar-refractivity contribution in [3.8, 4) is 5.75 Å². The fraction of sp³-hybridized carbons (Fsp3) is 0.481. The maximum absolute atomic E-state index is 13.6. The molecule has 0 fully saturated rings. The Morgan fingerprint density at radius 1 is 1.05 bits per heavy atom. The van der Waals surface area contributed by atoms with E-state index in [1.54, 1.807) is 42.5 Å². The Hall–Kier alpha value is -2.49. The van der Waals surface area contributed by atoms with Crippen molar-refractivity contribution in [2.45, 2.75) is 65.1 Å². The van der Waals surface area contributed by atoms with Crippen molar-refractivity contribution in [1.29, 1.82) is 0 Å². The van der Waals surface area contributed by atoms with Crippen LogP contribution in [0.2, 0.25) is 10.0 Å². The van der Waals surface area contributed by atoms with Crippen LogP contribution in [0, 0.1) is 0 Å². The average Bonchev–Trinajstić information content (AvgIpc) is 2.81. The van der Waals surface area contributed by atoms with Gasteiger partial charge < -0.3 is 15.0 Å². The van der Waals surface area contributed by atoms with Gasteiger partial charge in [-0.1, -0.05) is 36.2 Å². The van der Waals surface area contributed by atoms with Crippen LogP contribution >= 0.6 is 23.2 Å². The van der Waals surface area contributed by atoms with Crippen molar-refractivity contribution >= 4 is 50.7 Å². The number of hydrogen-bond donors (Lipinski definition) is 1. The summed E-state index contributed by atoms with van der Waals surface area (Å²) in [6, 6.07) is 11.0. The summed E-state index contributed by atoms with van der Waals surface area (Å²) >= 11 is 12.8. The van der Waals surface area contributed by atoms with Crippen LogP contribution in [-0.2, 0) is 26.2 Å². The standard InChI is InChI=1S/C27H37Cl2N3O5S/c1-7-24(26(34)30-27(2,3)4)31(18-21-22(28)10-8-11-23(21)29)25(33)12-9-17-32(38(6,35)36)19-13-15-20(37-5)16-14-19/h8,10-11,13-16,24H,7,9,12,17-18H2,1-6H3,(H,30,34). The van der Waals surface area contributed by atoms with E-state index in [0.717, 1.165) is 6.26 Å². The van der Waals surface area contributed by atoms with Gasteiger partial charge in [-0.05, 0) is 70.0 Å². The molecule has 0 aliphatic heterocycles. The maximum atomic E-state index is 13.6. The first-order valence-corrected chi connectivity index (χ1v) is 14.9. The van der Waals surface area contributed by atoms with E-state index in [-0.39, 0.29) is 37.7 Å². The van der Waals surface area contributed by atoms with Crippen LogP contribution in [0.3, 0.4) is 0 Å². The van der Waals surface area contributed by atoms with Crippen molar-refractivity contribution in [3.05, 3.63) is 58.1 Å². The SMILES string of the molecule is CCC(C(=O)NC(C)(C)C)N(Cc1c(Cl)cccc1Cl)C(=O)CCCN(c1ccc(OC)cc1)S(C)(=O)=O. The summed E-state index contributed by atoms with van der Waals surface area (Å²) in [5.74, 6) is 0.0120. The lowest BCUT2D eigenvalue weighted by Crippen LogP contribution is -2.53. The molecule has 11 heteroatoms. The lowest BCUT2D eigenvalue weighted by molar-refractivity contribution is -0.142. The Morgan fingerprint density at radius 3 is 2.11 bits per heavy atom. The number of benzene rings is 2. The summed E-state index contributed by atoms with van der Waals surface area (Å²) in [5, 5.41) is 3.73. The number of rotatable bonds is 12. The molecular formula is C27H37Cl2N3O5S. The van der Waals surface area contributed by atoms with E-state index < -0.39 is 21.6 Å². The monoisotopic (exact) mass is 585 g/mol. The second-order valence-corrected chi connectivity index (χ2v) is 12.7. The van der Waals surface area contributed by atoms with Gasteiger partial charge in [0.05, 0.1) is 19.1 Å². The molecule has 210 valence electrons. The molecule has 8 nitrogen and oxygen atoms in total. The molecule has 0 saturated carbocycles. The normalized spacial score (nSPS) is 12.5. The van der Waals surface area contributed by atoms with Crippen molar-refractivity contribution in [1.82, 2.24) is 10.2 Å². The molecule has 0 bridgehead atoms. The van der Waals surface area contributed by atoms with Crippen LogP contribution in [0.1, 0.15) is 52.5 Å². The van der Waals surface area contributed by atoms with Crippen LogP contribution in [-0.4, -0.2) is 56.6 Å². The van der Waals surface area contributed by atoms with Gasteiger partial charge in [-0.25, -0.2) is 8.42 Å². The Kier molecular flexibility index (Phi) is 11.3. The molecule has 2 aromatic carbocycles. The highest BCUT2D eigenvalue weighted by Crippen LogP contribution is 2.28. The molecule has 2 rings (SSSR count). The zero-order valence-corrected chi connectivity index (χ0v) is 25.1. The second kappa shape index (κ2) is 13.5. The van der Waals surface area contributed by atoms with Crippen molar-refractivity contribution in [3.63, 3.8) is 0 Å². The molecule has 0 saturated heterocycles. The zero-order valence-electron chi connectivity index (χ0n) is 22.8. The molecule has 1 atom stereocenters. The minimum absolute atomic E-state index is 0.0174. The number of nitrogens with one attached hydrogen (secondary N) is 1. The largest absolute Gasteiger partial charge is 0.497 e. The van der Waals surface area contributed by atoms with Crippen LogP contribution in [0.5, 0.6) is 5.75 Å². The molecule has 0 spiro atoms. The van der Waals surface area contributed by atoms with Gasteiger partial charge in [0.15, 0.2) is 0 Å². The quantitative estimate of drug-likeness (QED) is 0.366. The molecule has 2 amide bonds. The molecule has 0 aromatic heterocycles. The van der Waals surface area contributed by atoms with Gasteiger partial charge in [0.2, 0.25) is 21.8 Å². The topological polar surface area (TPSA) is 96.0 Å². The predicted molar refractivity (Wildman–Crippen MR) is 153 cm³/mol. The van der Waals surface area contributed by atoms with Gasteiger partial charge in [0.25, 0.3) is 0 Å². The van der Waals surface area contributed by atoms with E-state index in [9.17, 15) is 18.0 Å². The first-order chi connectivity index (χ1) is 17.7. The number of anilines is 1. The second-order valence-electron chi connectivity index (χ2n) is 10.0. The number of nitrogens with zero attached hydrogens (tertiary/aromatic N) is 2. The minimum Gasteiger partial charge on any atom is -0.497 e. The first kappa shape index (κ1) is 31.7. The molecule has 0 aliphatic carbocycles. The van der Waals surface area contributed by atoms with Gasteiger partial charge in [0, 0.05) is 40.7 Å². The summed E-state index contributed by atoms with van der Waals surface area (Å²) in [5.41, 5.74) is 0.522. The molecule has 1 unspecified atom stereocenters. The Labute approximate surface area is 236 Å². The molecule has 2 aromatic rings.